The number of nitrogens with one attached hydrogen (secondary N) is 1. The number of nitrogens with two attached hydrogens (primary N) is 1. The summed E-state index contributed by atoms with van der Waals surface area (Å²) in [7, 11) is 0. The van der Waals surface area contributed by atoms with E-state index < -0.39 is 0 Å². The first-order chi connectivity index (χ1) is 10.2. The van der Waals surface area contributed by atoms with Crippen molar-refractivity contribution in [3.05, 3.63) is 53.1 Å². The molecule has 0 bridgehead atoms. The molecule has 0 atom stereocenters. The molecule has 0 fully saturated rings. The molecule has 108 valence electrons. The number of ether oxygens (including phenoxy) is 1. The third kappa shape index (κ3) is 2.90. The fraction of sp³-hybridized carbons (Fsp3) is 0.235. The molecule has 0 saturated heterocycles. The van der Waals surface area contributed by atoms with Crippen LogP contribution in [0.1, 0.15) is 23.1 Å². The van der Waals surface area contributed by atoms with Crippen molar-refractivity contribution in [3.8, 4) is 11.5 Å². The minimum atomic E-state index is 0.0696. The van der Waals surface area contributed by atoms with Crippen LogP contribution in [0.5, 0.6) is 11.5 Å². The lowest BCUT2D eigenvalue weighted by Gasteiger charge is -2.18. The Morgan fingerprint density at radius 2 is 2.05 bits per heavy atom. The van der Waals surface area contributed by atoms with Gasteiger partial charge in [-0.25, -0.2) is 0 Å². The maximum Gasteiger partial charge on any atom is 0.224 e. The number of benzene rings is 2. The second kappa shape index (κ2) is 5.58. The Morgan fingerprint density at radius 1 is 1.19 bits per heavy atom. The van der Waals surface area contributed by atoms with Gasteiger partial charge in [0, 0.05) is 24.2 Å². The fourth-order valence-corrected chi connectivity index (χ4v) is 2.52. The highest BCUT2D eigenvalue weighted by Gasteiger charge is 2.15. The summed E-state index contributed by atoms with van der Waals surface area (Å²) in [4.78, 5) is 11.4. The first-order valence-corrected chi connectivity index (χ1v) is 7.06. The summed E-state index contributed by atoms with van der Waals surface area (Å²) in [5.41, 5.74) is 9.90. The van der Waals surface area contributed by atoms with E-state index in [0.29, 0.717) is 13.0 Å². The van der Waals surface area contributed by atoms with Crippen LogP contribution in [0, 0.1) is 6.92 Å². The highest BCUT2D eigenvalue weighted by molar-refractivity contribution is 5.94. The first-order valence-electron chi connectivity index (χ1n) is 7.06. The van der Waals surface area contributed by atoms with Crippen LogP contribution in [0.15, 0.2) is 36.4 Å². The number of carbonyl (C=O) groups is 1. The van der Waals surface area contributed by atoms with Gasteiger partial charge in [0.1, 0.15) is 11.5 Å². The van der Waals surface area contributed by atoms with Crippen molar-refractivity contribution in [1.29, 1.82) is 0 Å². The predicted molar refractivity (Wildman–Crippen MR) is 82.5 cm³/mol. The lowest BCUT2D eigenvalue weighted by Crippen LogP contribution is -2.18. The Labute approximate surface area is 123 Å². The quantitative estimate of drug-likeness (QED) is 0.909. The van der Waals surface area contributed by atoms with Gasteiger partial charge >= 0.3 is 0 Å². The van der Waals surface area contributed by atoms with Crippen LogP contribution in [0.4, 0.5) is 5.69 Å². The smallest absolute Gasteiger partial charge is 0.224 e. The molecule has 1 aliphatic heterocycles. The van der Waals surface area contributed by atoms with Crippen molar-refractivity contribution in [2.24, 2.45) is 5.73 Å². The van der Waals surface area contributed by atoms with E-state index in [0.717, 1.165) is 40.3 Å². The van der Waals surface area contributed by atoms with Crippen LogP contribution < -0.4 is 15.8 Å². The molecule has 2 aromatic rings. The molecule has 0 saturated carbocycles. The molecule has 0 unspecified atom stereocenters. The Bertz CT molecular complexity index is 695. The number of fused-ring (bicyclic) bond motifs is 1. The molecule has 2 aromatic carbocycles. The molecule has 1 heterocycles. The van der Waals surface area contributed by atoms with Crippen LogP contribution in [-0.2, 0) is 17.8 Å². The molecular formula is C17H18N2O2. The number of carbonyl (C=O) groups excluding carboxylic acids is 1. The van der Waals surface area contributed by atoms with E-state index in [9.17, 15) is 4.79 Å². The van der Waals surface area contributed by atoms with Crippen LogP contribution >= 0.6 is 0 Å². The molecule has 0 aromatic heterocycles. The van der Waals surface area contributed by atoms with Crippen LogP contribution in [0.25, 0.3) is 0 Å². The van der Waals surface area contributed by atoms with E-state index in [2.05, 4.69) is 5.32 Å². The van der Waals surface area contributed by atoms with Gasteiger partial charge < -0.3 is 15.8 Å². The van der Waals surface area contributed by atoms with Crippen molar-refractivity contribution < 1.29 is 9.53 Å². The molecule has 0 spiro atoms. The summed E-state index contributed by atoms with van der Waals surface area (Å²) < 4.78 is 5.96. The monoisotopic (exact) mass is 282 g/mol. The highest BCUT2D eigenvalue weighted by Crippen LogP contribution is 2.31. The summed E-state index contributed by atoms with van der Waals surface area (Å²) >= 11 is 0. The van der Waals surface area contributed by atoms with E-state index in [4.69, 9.17) is 10.5 Å². The lowest BCUT2D eigenvalue weighted by atomic mass is 10.0. The van der Waals surface area contributed by atoms with Gasteiger partial charge in [0.2, 0.25) is 5.91 Å². The average molecular weight is 282 g/mol. The van der Waals surface area contributed by atoms with E-state index in [1.165, 1.54) is 0 Å². The minimum Gasteiger partial charge on any atom is -0.457 e. The van der Waals surface area contributed by atoms with Crippen LogP contribution in [0.2, 0.25) is 0 Å². The number of rotatable bonds is 3. The van der Waals surface area contributed by atoms with Crippen LogP contribution in [-0.4, -0.2) is 5.91 Å². The van der Waals surface area contributed by atoms with Gasteiger partial charge in [-0.3, -0.25) is 4.79 Å². The minimum absolute atomic E-state index is 0.0696. The molecule has 3 rings (SSSR count). The molecule has 4 heteroatoms. The largest absolute Gasteiger partial charge is 0.457 e. The zero-order chi connectivity index (χ0) is 14.8. The summed E-state index contributed by atoms with van der Waals surface area (Å²) in [6.07, 6.45) is 1.27. The molecule has 0 radical (unpaired) electrons. The van der Waals surface area contributed by atoms with E-state index >= 15 is 0 Å². The first kappa shape index (κ1) is 13.6. The Balaban J connectivity index is 1.87. The highest BCUT2D eigenvalue weighted by atomic mass is 16.5. The summed E-state index contributed by atoms with van der Waals surface area (Å²) in [6.45, 7) is 2.47. The number of amides is 1. The van der Waals surface area contributed by atoms with Gasteiger partial charge in [0.25, 0.3) is 0 Å². The predicted octanol–water partition coefficient (Wildman–Crippen LogP) is 3.13. The zero-order valence-electron chi connectivity index (χ0n) is 12.0. The molecule has 3 N–H and O–H groups in total. The van der Waals surface area contributed by atoms with Crippen LogP contribution in [0.3, 0.4) is 0 Å². The van der Waals surface area contributed by atoms with Crippen molar-refractivity contribution >= 4 is 11.6 Å². The van der Waals surface area contributed by atoms with Gasteiger partial charge in [-0.1, -0.05) is 17.7 Å². The van der Waals surface area contributed by atoms with Gasteiger partial charge in [0.05, 0.1) is 0 Å². The molecule has 1 aliphatic rings. The maximum absolute atomic E-state index is 11.4. The second-order valence-corrected chi connectivity index (χ2v) is 5.28. The van der Waals surface area contributed by atoms with Gasteiger partial charge in [0.15, 0.2) is 0 Å². The fourth-order valence-electron chi connectivity index (χ4n) is 2.52. The van der Waals surface area contributed by atoms with E-state index in [-0.39, 0.29) is 5.91 Å². The van der Waals surface area contributed by atoms with Crippen molar-refractivity contribution in [1.82, 2.24) is 0 Å². The topological polar surface area (TPSA) is 64.3 Å². The molecular weight excluding hydrogens is 264 g/mol. The SMILES string of the molecule is Cc1ccc(Oc2ccc3c(c2)CCC(=O)N3)c(CN)c1. The molecule has 21 heavy (non-hydrogen) atoms. The normalized spacial score (nSPS) is 13.5. The summed E-state index contributed by atoms with van der Waals surface area (Å²) in [5.74, 6) is 1.62. The van der Waals surface area contributed by atoms with Crippen molar-refractivity contribution in [2.75, 3.05) is 5.32 Å². The number of aryl methyl sites for hydroxylation is 2. The molecule has 4 nitrogen and oxygen atoms in total. The lowest BCUT2D eigenvalue weighted by molar-refractivity contribution is -0.116. The Kier molecular flexibility index (Phi) is 3.62. The maximum atomic E-state index is 11.4. The van der Waals surface area contributed by atoms with Gasteiger partial charge in [-0.05, 0) is 43.2 Å². The number of hydrogen-bond acceptors (Lipinski definition) is 3. The summed E-state index contributed by atoms with van der Waals surface area (Å²) in [6, 6.07) is 11.7. The Morgan fingerprint density at radius 3 is 2.86 bits per heavy atom. The van der Waals surface area contributed by atoms with Crippen molar-refractivity contribution in [3.63, 3.8) is 0 Å². The zero-order valence-corrected chi connectivity index (χ0v) is 12.0. The summed E-state index contributed by atoms with van der Waals surface area (Å²) in [5, 5.41) is 2.87. The third-order valence-electron chi connectivity index (χ3n) is 3.64. The van der Waals surface area contributed by atoms with E-state index in [1.54, 1.807) is 0 Å². The number of hydrogen-bond donors (Lipinski definition) is 2. The third-order valence-corrected chi connectivity index (χ3v) is 3.64. The average Bonchev–Trinajstić information content (AvgIpc) is 2.49. The van der Waals surface area contributed by atoms with Gasteiger partial charge in [-0.15, -0.1) is 0 Å². The Hall–Kier alpha value is -2.33. The number of anilines is 1. The molecule has 0 aliphatic carbocycles. The van der Waals surface area contributed by atoms with Gasteiger partial charge in [-0.2, -0.15) is 0 Å². The second-order valence-electron chi connectivity index (χ2n) is 5.28. The van der Waals surface area contributed by atoms with Crippen molar-refractivity contribution in [2.45, 2.75) is 26.3 Å². The standard InChI is InChI=1S/C17H18N2O2/c1-11-2-6-16(13(8-11)10-18)21-14-4-5-15-12(9-14)3-7-17(20)19-15/h2,4-6,8-9H,3,7,10,18H2,1H3,(H,19,20). The molecule has 1 amide bonds. The van der Waals surface area contributed by atoms with E-state index in [1.807, 2.05) is 43.3 Å².